The molecule has 0 radical (unpaired) electrons. The highest BCUT2D eigenvalue weighted by Crippen LogP contribution is 2.32. The fourth-order valence-electron chi connectivity index (χ4n) is 2.41. The zero-order valence-electron chi connectivity index (χ0n) is 15.1. The first-order valence-corrected chi connectivity index (χ1v) is 10.4. The van der Waals surface area contributed by atoms with Crippen molar-refractivity contribution in [2.24, 2.45) is 0 Å². The smallest absolute Gasteiger partial charge is 0.338 e. The third-order valence-corrected chi connectivity index (χ3v) is 5.69. The highest BCUT2D eigenvalue weighted by molar-refractivity contribution is 8.26. The van der Waals surface area contributed by atoms with Crippen molar-refractivity contribution in [1.82, 2.24) is 10.4 Å². The molecular weight excluding hydrogens is 453 g/mol. The number of thiocarbonyl (C=S) groups is 1. The van der Waals surface area contributed by atoms with E-state index in [9.17, 15) is 9.59 Å². The Morgan fingerprint density at radius 2 is 2.03 bits per heavy atom. The van der Waals surface area contributed by atoms with E-state index in [0.717, 1.165) is 22.3 Å². The van der Waals surface area contributed by atoms with E-state index in [1.807, 2.05) is 31.2 Å². The lowest BCUT2D eigenvalue weighted by atomic mass is 10.2. The summed E-state index contributed by atoms with van der Waals surface area (Å²) in [6, 6.07) is 11.3. The molecule has 0 aliphatic carbocycles. The lowest BCUT2D eigenvalue weighted by molar-refractivity contribution is -0.123. The van der Waals surface area contributed by atoms with Crippen LogP contribution in [0, 0.1) is 0 Å². The highest BCUT2D eigenvalue weighted by Gasteiger charge is 2.33. The third kappa shape index (κ3) is 5.42. The molecule has 1 aliphatic heterocycles. The quantitative estimate of drug-likeness (QED) is 0.459. The van der Waals surface area contributed by atoms with Gasteiger partial charge < -0.3 is 10.1 Å². The number of nitrogens with one attached hydrogen (secondary N) is 2. The van der Waals surface area contributed by atoms with E-state index in [1.54, 1.807) is 18.2 Å². The number of hydrogen-bond donors (Lipinski definition) is 2. The van der Waals surface area contributed by atoms with Crippen LogP contribution in [0.1, 0.15) is 12.5 Å². The van der Waals surface area contributed by atoms with Gasteiger partial charge in [0, 0.05) is 5.69 Å². The molecule has 0 atom stereocenters. The number of rotatable bonds is 5. The van der Waals surface area contributed by atoms with Crippen LogP contribution in [0.25, 0.3) is 6.08 Å². The van der Waals surface area contributed by atoms with Crippen LogP contribution >= 0.6 is 47.2 Å². The summed E-state index contributed by atoms with van der Waals surface area (Å²) in [4.78, 5) is 25.3. The predicted octanol–water partition coefficient (Wildman–Crippen LogP) is 5.33. The molecule has 150 valence electrons. The fourth-order valence-corrected chi connectivity index (χ4v) is 3.89. The second kappa shape index (κ2) is 9.49. The van der Waals surface area contributed by atoms with E-state index in [-0.39, 0.29) is 4.32 Å². The maximum Gasteiger partial charge on any atom is 0.338 e. The molecule has 2 aromatic rings. The number of anilines is 1. The molecule has 0 saturated carbocycles. The van der Waals surface area contributed by atoms with Crippen molar-refractivity contribution in [2.75, 3.05) is 11.9 Å². The predicted molar refractivity (Wildman–Crippen MR) is 121 cm³/mol. The molecule has 0 bridgehead atoms. The third-order valence-electron chi connectivity index (χ3n) is 3.65. The Bertz CT molecular complexity index is 1010. The minimum absolute atomic E-state index is 0.214. The molecule has 1 saturated heterocycles. The number of carbonyl (C=O) groups excluding carboxylic acids is 2. The maximum atomic E-state index is 12.7. The van der Waals surface area contributed by atoms with E-state index >= 15 is 0 Å². The molecule has 0 spiro atoms. The molecule has 6 nitrogen and oxygen atoms in total. The first-order valence-electron chi connectivity index (χ1n) is 8.41. The van der Waals surface area contributed by atoms with Crippen LogP contribution < -0.4 is 15.5 Å². The Balaban J connectivity index is 1.69. The molecule has 29 heavy (non-hydrogen) atoms. The van der Waals surface area contributed by atoms with Gasteiger partial charge in [-0.25, -0.2) is 10.2 Å². The van der Waals surface area contributed by atoms with E-state index < -0.39 is 11.9 Å². The van der Waals surface area contributed by atoms with Gasteiger partial charge in [-0.05, 0) is 61.1 Å². The van der Waals surface area contributed by atoms with Crippen molar-refractivity contribution in [3.63, 3.8) is 0 Å². The Kier molecular flexibility index (Phi) is 7.02. The van der Waals surface area contributed by atoms with Gasteiger partial charge in [-0.1, -0.05) is 47.1 Å². The Morgan fingerprint density at radius 3 is 2.76 bits per heavy atom. The molecule has 1 aliphatic rings. The fraction of sp³-hybridized carbons (Fsp3) is 0.105. The lowest BCUT2D eigenvalue weighted by Crippen LogP contribution is -2.46. The van der Waals surface area contributed by atoms with Crippen molar-refractivity contribution in [3.05, 3.63) is 63.0 Å². The first kappa shape index (κ1) is 21.4. The van der Waals surface area contributed by atoms with Crippen LogP contribution in [-0.4, -0.2) is 27.9 Å². The highest BCUT2D eigenvalue weighted by atomic mass is 35.5. The van der Waals surface area contributed by atoms with Crippen LogP contribution in [0.4, 0.5) is 10.5 Å². The number of hydrazine groups is 1. The molecular formula is C19H15Cl2N3O3S2. The largest absolute Gasteiger partial charge is 0.494 e. The van der Waals surface area contributed by atoms with Crippen molar-refractivity contribution < 1.29 is 14.3 Å². The van der Waals surface area contributed by atoms with Gasteiger partial charge in [0.15, 0.2) is 4.32 Å². The minimum Gasteiger partial charge on any atom is -0.494 e. The summed E-state index contributed by atoms with van der Waals surface area (Å²) in [5.74, 6) is 0.280. The number of halogens is 2. The second-order valence-electron chi connectivity index (χ2n) is 5.72. The van der Waals surface area contributed by atoms with Gasteiger partial charge in [-0.2, -0.15) is 5.01 Å². The molecule has 2 aromatic carbocycles. The summed E-state index contributed by atoms with van der Waals surface area (Å²) in [7, 11) is 0. The molecule has 10 heteroatoms. The topological polar surface area (TPSA) is 70.7 Å². The molecule has 2 N–H and O–H groups in total. The van der Waals surface area contributed by atoms with Crippen molar-refractivity contribution in [3.8, 4) is 5.75 Å². The van der Waals surface area contributed by atoms with Gasteiger partial charge in [-0.15, -0.1) is 0 Å². The van der Waals surface area contributed by atoms with E-state index in [4.69, 9.17) is 40.2 Å². The number of amides is 3. The summed E-state index contributed by atoms with van der Waals surface area (Å²) in [5, 5.41) is 4.26. The molecule has 3 rings (SSSR count). The number of hydrogen-bond acceptors (Lipinski definition) is 5. The normalized spacial score (nSPS) is 15.0. The van der Waals surface area contributed by atoms with Crippen molar-refractivity contribution >= 4 is 75.2 Å². The zero-order chi connectivity index (χ0) is 21.0. The number of benzene rings is 2. The Morgan fingerprint density at radius 1 is 1.24 bits per heavy atom. The number of carbonyl (C=O) groups is 2. The van der Waals surface area contributed by atoms with Gasteiger partial charge in [0.2, 0.25) is 0 Å². The second-order valence-corrected chi connectivity index (χ2v) is 8.21. The number of ether oxygens (including phenoxy) is 1. The SMILES string of the molecule is CCOc1cccc(/C=C2\SC(=S)N(NC(=O)Nc3ccc(Cl)c(Cl)c3)C2=O)c1. The maximum absolute atomic E-state index is 12.7. The van der Waals surface area contributed by atoms with E-state index in [2.05, 4.69) is 10.7 Å². The van der Waals surface area contributed by atoms with Gasteiger partial charge >= 0.3 is 6.03 Å². The zero-order valence-corrected chi connectivity index (χ0v) is 18.2. The standard InChI is InChI=1S/C19H15Cl2N3O3S2/c1-2-27-13-5-3-4-11(8-13)9-16-17(25)24(19(28)29-16)23-18(26)22-12-6-7-14(20)15(21)10-12/h3-10H,2H2,1H3,(H2,22,23,26)/b16-9-. The van der Waals surface area contributed by atoms with Crippen LogP contribution in [-0.2, 0) is 4.79 Å². The van der Waals surface area contributed by atoms with Crippen LogP contribution in [0.15, 0.2) is 47.4 Å². The molecule has 0 aromatic heterocycles. The van der Waals surface area contributed by atoms with Gasteiger partial charge in [0.05, 0.1) is 21.6 Å². The van der Waals surface area contributed by atoms with Crippen LogP contribution in [0.3, 0.4) is 0 Å². The summed E-state index contributed by atoms with van der Waals surface area (Å²) in [6.45, 7) is 2.44. The lowest BCUT2D eigenvalue weighted by Gasteiger charge is -2.16. The van der Waals surface area contributed by atoms with Crippen molar-refractivity contribution in [1.29, 1.82) is 0 Å². The minimum atomic E-state index is -0.640. The van der Waals surface area contributed by atoms with Gasteiger partial charge in [-0.3, -0.25) is 4.79 Å². The summed E-state index contributed by atoms with van der Waals surface area (Å²) in [6.07, 6.45) is 1.69. The summed E-state index contributed by atoms with van der Waals surface area (Å²) < 4.78 is 5.68. The van der Waals surface area contributed by atoms with E-state index in [1.165, 1.54) is 6.07 Å². The van der Waals surface area contributed by atoms with Gasteiger partial charge in [0.1, 0.15) is 5.75 Å². The Labute approximate surface area is 187 Å². The average molecular weight is 468 g/mol. The average Bonchev–Trinajstić information content (AvgIpc) is 2.93. The molecule has 1 heterocycles. The molecule has 0 unspecified atom stereocenters. The number of thioether (sulfide) groups is 1. The monoisotopic (exact) mass is 467 g/mol. The summed E-state index contributed by atoms with van der Waals surface area (Å²) in [5.41, 5.74) is 3.65. The molecule has 3 amide bonds. The first-order chi connectivity index (χ1) is 13.9. The van der Waals surface area contributed by atoms with Crippen molar-refractivity contribution in [2.45, 2.75) is 6.92 Å². The molecule has 1 fully saturated rings. The van der Waals surface area contributed by atoms with Crippen LogP contribution in [0.5, 0.6) is 5.75 Å². The summed E-state index contributed by atoms with van der Waals surface area (Å²) >= 11 is 18.1. The van der Waals surface area contributed by atoms with Gasteiger partial charge in [0.25, 0.3) is 5.91 Å². The van der Waals surface area contributed by atoms with Crippen LogP contribution in [0.2, 0.25) is 10.0 Å². The Hall–Kier alpha value is -2.26. The van der Waals surface area contributed by atoms with E-state index in [0.29, 0.717) is 33.0 Å². The number of urea groups is 1. The number of nitrogens with zero attached hydrogens (tertiary/aromatic N) is 1.